The Morgan fingerprint density at radius 3 is 2.38 bits per heavy atom. The van der Waals surface area contributed by atoms with Gasteiger partial charge in [-0.1, -0.05) is 12.8 Å². The van der Waals surface area contributed by atoms with Crippen molar-refractivity contribution < 1.29 is 4.74 Å². The number of hydrogen-bond acceptors (Lipinski definition) is 3. The smallest absolute Gasteiger partial charge is 0.119 e. The zero-order valence-electron chi connectivity index (χ0n) is 9.48. The molecule has 0 saturated heterocycles. The Morgan fingerprint density at radius 2 is 1.75 bits per heavy atom. The number of hydrogen-bond donors (Lipinski definition) is 1. The average molecular weight is 218 g/mol. The number of unbranched alkanes of at least 4 members (excludes halogenated alkanes) is 3. The SMILES string of the molecule is N#Cc1ccc(OCCCCCCN)cc1. The summed E-state index contributed by atoms with van der Waals surface area (Å²) in [5, 5.41) is 8.62. The first-order chi connectivity index (χ1) is 7.86. The van der Waals surface area contributed by atoms with E-state index in [4.69, 9.17) is 15.7 Å². The van der Waals surface area contributed by atoms with Gasteiger partial charge in [-0.3, -0.25) is 0 Å². The lowest BCUT2D eigenvalue weighted by Gasteiger charge is -2.05. The van der Waals surface area contributed by atoms with Crippen molar-refractivity contribution in [3.63, 3.8) is 0 Å². The lowest BCUT2D eigenvalue weighted by molar-refractivity contribution is 0.305. The van der Waals surface area contributed by atoms with Gasteiger partial charge in [0.05, 0.1) is 18.2 Å². The summed E-state index contributed by atoms with van der Waals surface area (Å²) in [4.78, 5) is 0. The molecule has 2 N–H and O–H groups in total. The number of ether oxygens (including phenoxy) is 1. The average Bonchev–Trinajstić information content (AvgIpc) is 2.34. The normalized spacial score (nSPS) is 9.75. The molecular formula is C13H18N2O. The molecule has 0 aliphatic carbocycles. The summed E-state index contributed by atoms with van der Waals surface area (Å²) < 4.78 is 5.55. The molecule has 0 saturated carbocycles. The molecule has 1 aromatic carbocycles. The highest BCUT2D eigenvalue weighted by atomic mass is 16.5. The Labute approximate surface area is 96.8 Å². The molecule has 0 aromatic heterocycles. The van der Waals surface area contributed by atoms with Crippen molar-refractivity contribution in [3.8, 4) is 11.8 Å². The number of nitrogens with zero attached hydrogens (tertiary/aromatic N) is 1. The van der Waals surface area contributed by atoms with Gasteiger partial charge in [-0.05, 0) is 43.7 Å². The predicted molar refractivity (Wildman–Crippen MR) is 64.2 cm³/mol. The molecule has 0 aliphatic rings. The van der Waals surface area contributed by atoms with E-state index in [0.29, 0.717) is 5.56 Å². The third-order valence-corrected chi connectivity index (χ3v) is 2.35. The standard InChI is InChI=1S/C13H18N2O/c14-9-3-1-2-4-10-16-13-7-5-12(11-15)6-8-13/h5-8H,1-4,9-10,14H2. The summed E-state index contributed by atoms with van der Waals surface area (Å²) in [6.45, 7) is 1.51. The quantitative estimate of drug-likeness (QED) is 0.715. The van der Waals surface area contributed by atoms with Gasteiger partial charge in [0.25, 0.3) is 0 Å². The molecule has 0 radical (unpaired) electrons. The van der Waals surface area contributed by atoms with Gasteiger partial charge in [-0.25, -0.2) is 0 Å². The van der Waals surface area contributed by atoms with Crippen LogP contribution in [0.1, 0.15) is 31.2 Å². The molecule has 0 amide bonds. The van der Waals surface area contributed by atoms with Crippen molar-refractivity contribution in [2.24, 2.45) is 5.73 Å². The van der Waals surface area contributed by atoms with Crippen LogP contribution in [-0.2, 0) is 0 Å². The molecule has 0 bridgehead atoms. The first-order valence-corrected chi connectivity index (χ1v) is 5.70. The van der Waals surface area contributed by atoms with E-state index in [2.05, 4.69) is 6.07 Å². The van der Waals surface area contributed by atoms with Gasteiger partial charge in [0, 0.05) is 0 Å². The molecule has 3 nitrogen and oxygen atoms in total. The molecule has 0 aliphatic heterocycles. The van der Waals surface area contributed by atoms with Crippen LogP contribution >= 0.6 is 0 Å². The van der Waals surface area contributed by atoms with Crippen LogP contribution in [0.3, 0.4) is 0 Å². The van der Waals surface area contributed by atoms with Gasteiger partial charge < -0.3 is 10.5 Å². The third-order valence-electron chi connectivity index (χ3n) is 2.35. The van der Waals surface area contributed by atoms with Crippen LogP contribution in [0.4, 0.5) is 0 Å². The molecule has 0 unspecified atom stereocenters. The maximum absolute atomic E-state index is 8.62. The van der Waals surface area contributed by atoms with Crippen LogP contribution in [-0.4, -0.2) is 13.2 Å². The van der Waals surface area contributed by atoms with Crippen molar-refractivity contribution in [1.82, 2.24) is 0 Å². The maximum atomic E-state index is 8.62. The molecule has 0 heterocycles. The minimum absolute atomic E-state index is 0.662. The minimum Gasteiger partial charge on any atom is -0.494 e. The van der Waals surface area contributed by atoms with E-state index >= 15 is 0 Å². The topological polar surface area (TPSA) is 59.0 Å². The lowest BCUT2D eigenvalue weighted by Crippen LogP contribution is -2.00. The second kappa shape index (κ2) is 7.72. The second-order valence-corrected chi connectivity index (χ2v) is 3.69. The molecule has 0 fully saturated rings. The van der Waals surface area contributed by atoms with Gasteiger partial charge in [-0.15, -0.1) is 0 Å². The second-order valence-electron chi connectivity index (χ2n) is 3.69. The first-order valence-electron chi connectivity index (χ1n) is 5.70. The summed E-state index contributed by atoms with van der Waals surface area (Å²) in [5.74, 6) is 0.831. The Bertz CT molecular complexity index is 327. The summed E-state index contributed by atoms with van der Waals surface area (Å²) in [6, 6.07) is 9.28. The zero-order valence-corrected chi connectivity index (χ0v) is 9.48. The summed E-state index contributed by atoms with van der Waals surface area (Å²) in [6.07, 6.45) is 4.48. The van der Waals surface area contributed by atoms with Gasteiger partial charge in [0.1, 0.15) is 5.75 Å². The highest BCUT2D eigenvalue weighted by Crippen LogP contribution is 2.12. The monoisotopic (exact) mass is 218 g/mol. The van der Waals surface area contributed by atoms with Crippen LogP contribution < -0.4 is 10.5 Å². The Balaban J connectivity index is 2.15. The fourth-order valence-electron chi connectivity index (χ4n) is 1.42. The van der Waals surface area contributed by atoms with Crippen molar-refractivity contribution in [2.75, 3.05) is 13.2 Å². The van der Waals surface area contributed by atoms with Crippen molar-refractivity contribution >= 4 is 0 Å². The minimum atomic E-state index is 0.662. The van der Waals surface area contributed by atoms with E-state index in [1.807, 2.05) is 12.1 Å². The van der Waals surface area contributed by atoms with Crippen LogP contribution in [0.5, 0.6) is 5.75 Å². The van der Waals surface area contributed by atoms with E-state index in [-0.39, 0.29) is 0 Å². The van der Waals surface area contributed by atoms with E-state index < -0.39 is 0 Å². The Kier molecular flexibility index (Phi) is 6.05. The number of nitriles is 1. The molecule has 0 spiro atoms. The fourth-order valence-corrected chi connectivity index (χ4v) is 1.42. The number of nitrogens with two attached hydrogens (primary N) is 1. The van der Waals surface area contributed by atoms with Crippen LogP contribution in [0.15, 0.2) is 24.3 Å². The molecule has 1 aromatic rings. The maximum Gasteiger partial charge on any atom is 0.119 e. The van der Waals surface area contributed by atoms with Crippen molar-refractivity contribution in [3.05, 3.63) is 29.8 Å². The van der Waals surface area contributed by atoms with Crippen LogP contribution in [0.25, 0.3) is 0 Å². The van der Waals surface area contributed by atoms with Crippen molar-refractivity contribution in [1.29, 1.82) is 5.26 Å². The lowest BCUT2D eigenvalue weighted by atomic mass is 10.2. The molecule has 1 rings (SSSR count). The molecule has 3 heteroatoms. The van der Waals surface area contributed by atoms with Crippen molar-refractivity contribution in [2.45, 2.75) is 25.7 Å². The van der Waals surface area contributed by atoms with E-state index in [1.165, 1.54) is 6.42 Å². The molecule has 16 heavy (non-hydrogen) atoms. The van der Waals surface area contributed by atoms with Crippen LogP contribution in [0.2, 0.25) is 0 Å². The zero-order chi connectivity index (χ0) is 11.6. The predicted octanol–water partition coefficient (Wildman–Crippen LogP) is 2.46. The van der Waals surface area contributed by atoms with E-state index in [9.17, 15) is 0 Å². The fraction of sp³-hybridized carbons (Fsp3) is 0.462. The molecule has 86 valence electrons. The number of benzene rings is 1. The number of rotatable bonds is 7. The van der Waals surface area contributed by atoms with Crippen LogP contribution in [0, 0.1) is 11.3 Å². The third kappa shape index (κ3) is 4.81. The van der Waals surface area contributed by atoms with E-state index in [1.54, 1.807) is 12.1 Å². The Hall–Kier alpha value is -1.53. The largest absolute Gasteiger partial charge is 0.494 e. The molecule has 0 atom stereocenters. The highest BCUT2D eigenvalue weighted by molar-refractivity contribution is 5.34. The van der Waals surface area contributed by atoms with Gasteiger partial charge >= 0.3 is 0 Å². The van der Waals surface area contributed by atoms with Gasteiger partial charge in [0.2, 0.25) is 0 Å². The Morgan fingerprint density at radius 1 is 1.06 bits per heavy atom. The molecular weight excluding hydrogens is 200 g/mol. The first kappa shape index (κ1) is 12.5. The highest BCUT2D eigenvalue weighted by Gasteiger charge is 1.94. The van der Waals surface area contributed by atoms with Gasteiger partial charge in [-0.2, -0.15) is 5.26 Å². The van der Waals surface area contributed by atoms with E-state index in [0.717, 1.165) is 38.2 Å². The summed E-state index contributed by atoms with van der Waals surface area (Å²) in [7, 11) is 0. The van der Waals surface area contributed by atoms with Gasteiger partial charge in [0.15, 0.2) is 0 Å². The summed E-state index contributed by atoms with van der Waals surface area (Å²) in [5.41, 5.74) is 6.07. The summed E-state index contributed by atoms with van der Waals surface area (Å²) >= 11 is 0.